The highest BCUT2D eigenvalue weighted by Crippen LogP contribution is 2.44. The zero-order valence-corrected chi connectivity index (χ0v) is 11.8. The number of aromatic amines is 1. The number of aromatic nitrogens is 2. The second kappa shape index (κ2) is 5.06. The van der Waals surface area contributed by atoms with E-state index < -0.39 is 40.3 Å². The van der Waals surface area contributed by atoms with Crippen LogP contribution >= 0.6 is 0 Å². The van der Waals surface area contributed by atoms with Gasteiger partial charge in [-0.3, -0.25) is 19.1 Å². The molecular formula is C14H10F3N3O4. The predicted octanol–water partition coefficient (Wildman–Crippen LogP) is 0.287. The van der Waals surface area contributed by atoms with Crippen molar-refractivity contribution in [2.45, 2.75) is 18.3 Å². The van der Waals surface area contributed by atoms with Crippen molar-refractivity contribution in [3.8, 4) is 0 Å². The Morgan fingerprint density at radius 2 is 1.75 bits per heavy atom. The molecule has 0 unspecified atom stereocenters. The third-order valence-corrected chi connectivity index (χ3v) is 3.72. The van der Waals surface area contributed by atoms with Gasteiger partial charge >= 0.3 is 11.9 Å². The van der Waals surface area contributed by atoms with Crippen molar-refractivity contribution in [3.05, 3.63) is 62.3 Å². The quantitative estimate of drug-likeness (QED) is 0.730. The molecule has 10 heteroatoms. The van der Waals surface area contributed by atoms with E-state index in [1.165, 1.54) is 0 Å². The van der Waals surface area contributed by atoms with Crippen LogP contribution in [0.15, 0.2) is 39.9 Å². The lowest BCUT2D eigenvalue weighted by atomic mass is 9.97. The molecule has 0 aliphatic carbocycles. The Hall–Kier alpha value is -2.88. The van der Waals surface area contributed by atoms with Crippen molar-refractivity contribution in [1.82, 2.24) is 9.55 Å². The molecule has 1 aliphatic rings. The van der Waals surface area contributed by atoms with Crippen LogP contribution in [0.25, 0.3) is 0 Å². The van der Waals surface area contributed by atoms with Crippen LogP contribution in [0.3, 0.4) is 0 Å². The standard InChI is InChI=1S/C14H10F3N3O4/c15-14(16,17)13(24)8-9(18-11(13)22)20(12(23)19-10(8)21)6-7-4-2-1-3-5-7/h1-5,24H,6H2,(H,18,22)(H,19,21,23)/t13-/m0/s1. The van der Waals surface area contributed by atoms with Gasteiger partial charge in [0.15, 0.2) is 0 Å². The van der Waals surface area contributed by atoms with Crippen LogP contribution < -0.4 is 16.6 Å². The van der Waals surface area contributed by atoms with Gasteiger partial charge in [-0.05, 0) is 5.56 Å². The number of aliphatic hydroxyl groups is 1. The van der Waals surface area contributed by atoms with Crippen molar-refractivity contribution < 1.29 is 23.1 Å². The monoisotopic (exact) mass is 341 g/mol. The molecule has 2 aromatic rings. The predicted molar refractivity (Wildman–Crippen MR) is 75.4 cm³/mol. The zero-order valence-electron chi connectivity index (χ0n) is 11.8. The van der Waals surface area contributed by atoms with E-state index in [2.05, 4.69) is 0 Å². The number of rotatable bonds is 2. The molecule has 0 saturated heterocycles. The van der Waals surface area contributed by atoms with Crippen LogP contribution in [0.2, 0.25) is 0 Å². The normalized spacial score (nSPS) is 19.9. The lowest BCUT2D eigenvalue weighted by Crippen LogP contribution is -2.50. The Morgan fingerprint density at radius 1 is 1.12 bits per heavy atom. The molecule has 126 valence electrons. The lowest BCUT2D eigenvalue weighted by molar-refractivity contribution is -0.252. The number of fused-ring (bicyclic) bond motifs is 1. The molecule has 2 heterocycles. The summed E-state index contributed by atoms with van der Waals surface area (Å²) < 4.78 is 40.2. The Bertz CT molecular complexity index is 933. The first-order chi connectivity index (χ1) is 11.2. The van der Waals surface area contributed by atoms with E-state index in [1.54, 1.807) is 40.6 Å². The van der Waals surface area contributed by atoms with E-state index >= 15 is 0 Å². The summed E-state index contributed by atoms with van der Waals surface area (Å²) >= 11 is 0. The van der Waals surface area contributed by atoms with Crippen LogP contribution in [-0.4, -0.2) is 26.7 Å². The van der Waals surface area contributed by atoms with Gasteiger partial charge in [0.25, 0.3) is 17.1 Å². The SMILES string of the molecule is O=C1Nc2c(c(=O)[nH]c(=O)n2Cc2ccccc2)[C@@]1(O)C(F)(F)F. The molecule has 3 N–H and O–H groups in total. The minimum Gasteiger partial charge on any atom is -0.368 e. The number of carbonyl (C=O) groups excluding carboxylic acids is 1. The molecule has 1 aromatic carbocycles. The Labute approximate surface area is 131 Å². The summed E-state index contributed by atoms with van der Waals surface area (Å²) in [4.78, 5) is 37.2. The Morgan fingerprint density at radius 3 is 2.33 bits per heavy atom. The average Bonchev–Trinajstić information content (AvgIpc) is 2.78. The number of anilines is 1. The minimum atomic E-state index is -5.43. The van der Waals surface area contributed by atoms with E-state index in [9.17, 15) is 32.7 Å². The third kappa shape index (κ3) is 2.14. The molecule has 1 atom stereocenters. The number of hydrogen-bond donors (Lipinski definition) is 3. The maximum absolute atomic E-state index is 13.2. The van der Waals surface area contributed by atoms with E-state index in [4.69, 9.17) is 0 Å². The molecule has 0 saturated carbocycles. The van der Waals surface area contributed by atoms with E-state index in [-0.39, 0.29) is 6.54 Å². The number of hydrogen-bond acceptors (Lipinski definition) is 4. The van der Waals surface area contributed by atoms with Crippen molar-refractivity contribution in [3.63, 3.8) is 0 Å². The largest absolute Gasteiger partial charge is 0.431 e. The number of benzene rings is 1. The molecule has 0 radical (unpaired) electrons. The number of alkyl halides is 3. The molecule has 3 rings (SSSR count). The van der Waals surface area contributed by atoms with E-state index in [0.717, 1.165) is 4.57 Å². The summed E-state index contributed by atoms with van der Waals surface area (Å²) in [5.41, 5.74) is -7.19. The number of nitrogens with zero attached hydrogens (tertiary/aromatic N) is 1. The minimum absolute atomic E-state index is 0.201. The number of nitrogens with one attached hydrogen (secondary N) is 2. The first kappa shape index (κ1) is 16.0. The fourth-order valence-electron chi connectivity index (χ4n) is 2.54. The van der Waals surface area contributed by atoms with Crippen molar-refractivity contribution in [2.24, 2.45) is 0 Å². The second-order valence-electron chi connectivity index (χ2n) is 5.22. The van der Waals surface area contributed by atoms with Crippen LogP contribution in [0.4, 0.5) is 19.0 Å². The van der Waals surface area contributed by atoms with Gasteiger partial charge in [-0.15, -0.1) is 0 Å². The van der Waals surface area contributed by atoms with Gasteiger partial charge in [0, 0.05) is 0 Å². The lowest BCUT2D eigenvalue weighted by Gasteiger charge is -2.22. The molecule has 1 aliphatic heterocycles. The summed E-state index contributed by atoms with van der Waals surface area (Å²) in [6.07, 6.45) is -5.43. The molecule has 7 nitrogen and oxygen atoms in total. The maximum Gasteiger partial charge on any atom is 0.431 e. The molecule has 1 amide bonds. The van der Waals surface area contributed by atoms with Crippen LogP contribution in [0.1, 0.15) is 11.1 Å². The van der Waals surface area contributed by atoms with E-state index in [0.29, 0.717) is 5.56 Å². The highest BCUT2D eigenvalue weighted by Gasteiger charge is 2.66. The zero-order chi connectivity index (χ0) is 17.7. The van der Waals surface area contributed by atoms with Gasteiger partial charge in [-0.25, -0.2) is 4.79 Å². The molecule has 24 heavy (non-hydrogen) atoms. The molecule has 0 spiro atoms. The number of amides is 1. The molecular weight excluding hydrogens is 331 g/mol. The van der Waals surface area contributed by atoms with Crippen molar-refractivity contribution in [2.75, 3.05) is 5.32 Å². The van der Waals surface area contributed by atoms with Gasteiger partial charge in [0.2, 0.25) is 0 Å². The topological polar surface area (TPSA) is 104 Å². The summed E-state index contributed by atoms with van der Waals surface area (Å²) in [5, 5.41) is 11.6. The number of halogens is 3. The van der Waals surface area contributed by atoms with Gasteiger partial charge in [0.05, 0.1) is 6.54 Å². The summed E-state index contributed by atoms with van der Waals surface area (Å²) in [7, 11) is 0. The molecule has 0 bridgehead atoms. The first-order valence-corrected chi connectivity index (χ1v) is 6.68. The first-order valence-electron chi connectivity index (χ1n) is 6.68. The van der Waals surface area contributed by atoms with Crippen molar-refractivity contribution in [1.29, 1.82) is 0 Å². The highest BCUT2D eigenvalue weighted by molar-refractivity contribution is 6.04. The van der Waals surface area contributed by atoms with Gasteiger partial charge in [-0.2, -0.15) is 13.2 Å². The van der Waals surface area contributed by atoms with Gasteiger partial charge in [0.1, 0.15) is 11.4 Å². The molecule has 1 aromatic heterocycles. The van der Waals surface area contributed by atoms with Crippen molar-refractivity contribution >= 4 is 11.7 Å². The second-order valence-corrected chi connectivity index (χ2v) is 5.22. The third-order valence-electron chi connectivity index (χ3n) is 3.72. The maximum atomic E-state index is 13.2. The number of carbonyl (C=O) groups is 1. The highest BCUT2D eigenvalue weighted by atomic mass is 19.4. The summed E-state index contributed by atoms with van der Waals surface area (Å²) in [5.74, 6) is -2.50. The Kier molecular flexibility index (Phi) is 3.37. The fourth-order valence-corrected chi connectivity index (χ4v) is 2.54. The summed E-state index contributed by atoms with van der Waals surface area (Å²) in [6, 6.07) is 8.22. The Balaban J connectivity index is 2.25. The smallest absolute Gasteiger partial charge is 0.368 e. The fraction of sp³-hybridized carbons (Fsp3) is 0.214. The number of H-pyrrole nitrogens is 1. The van der Waals surface area contributed by atoms with E-state index in [1.807, 2.05) is 0 Å². The molecule has 0 fully saturated rings. The van der Waals surface area contributed by atoms with Crippen LogP contribution in [0.5, 0.6) is 0 Å². The summed E-state index contributed by atoms with van der Waals surface area (Å²) in [6.45, 7) is -0.201. The average molecular weight is 341 g/mol. The van der Waals surface area contributed by atoms with Crippen LogP contribution in [-0.2, 0) is 16.9 Å². The van der Waals surface area contributed by atoms with Gasteiger partial charge < -0.3 is 10.4 Å². The van der Waals surface area contributed by atoms with Gasteiger partial charge in [-0.1, -0.05) is 30.3 Å². The van der Waals surface area contributed by atoms with Crippen LogP contribution in [0, 0.1) is 0 Å².